The van der Waals surface area contributed by atoms with Gasteiger partial charge in [-0.05, 0) is 29.5 Å². The van der Waals surface area contributed by atoms with Crippen molar-refractivity contribution < 1.29 is 4.79 Å². The molecule has 0 aromatic heterocycles. The summed E-state index contributed by atoms with van der Waals surface area (Å²) >= 11 is 0. The van der Waals surface area contributed by atoms with Crippen molar-refractivity contribution >= 4 is 18.3 Å². The Kier molecular flexibility index (Phi) is 8.51. The molecule has 4 heteroatoms. The number of carbonyl (C=O) groups excluding carboxylic acids is 1. The SMILES string of the molecule is CCc1ccc(CCNC(=O)C(C)C(N)c2ccccc2)cc1.Cl. The Bertz CT molecular complexity index is 613. The number of hydrogen-bond donors (Lipinski definition) is 2. The Morgan fingerprint density at radius 3 is 2.21 bits per heavy atom. The summed E-state index contributed by atoms with van der Waals surface area (Å²) in [6, 6.07) is 18.0. The van der Waals surface area contributed by atoms with Gasteiger partial charge in [0, 0.05) is 12.6 Å². The second-order valence-electron chi connectivity index (χ2n) is 5.94. The van der Waals surface area contributed by atoms with Crippen LogP contribution in [-0.2, 0) is 17.6 Å². The van der Waals surface area contributed by atoms with Crippen molar-refractivity contribution in [2.24, 2.45) is 11.7 Å². The summed E-state index contributed by atoms with van der Waals surface area (Å²) in [6.07, 6.45) is 1.88. The number of halogens is 1. The van der Waals surface area contributed by atoms with Crippen molar-refractivity contribution in [3.8, 4) is 0 Å². The van der Waals surface area contributed by atoms with Crippen LogP contribution in [0.25, 0.3) is 0 Å². The number of hydrogen-bond acceptors (Lipinski definition) is 2. The fourth-order valence-corrected chi connectivity index (χ4v) is 2.56. The largest absolute Gasteiger partial charge is 0.355 e. The first-order valence-corrected chi connectivity index (χ1v) is 8.28. The summed E-state index contributed by atoms with van der Waals surface area (Å²) in [4.78, 5) is 12.3. The fraction of sp³-hybridized carbons (Fsp3) is 0.350. The van der Waals surface area contributed by atoms with Crippen molar-refractivity contribution in [1.82, 2.24) is 5.32 Å². The molecular weight excluding hydrogens is 320 g/mol. The predicted octanol–water partition coefficient (Wildman–Crippen LogP) is 3.67. The van der Waals surface area contributed by atoms with E-state index in [1.54, 1.807) is 0 Å². The first-order chi connectivity index (χ1) is 11.1. The van der Waals surface area contributed by atoms with Gasteiger partial charge in [0.05, 0.1) is 5.92 Å². The highest BCUT2D eigenvalue weighted by Crippen LogP contribution is 2.19. The van der Waals surface area contributed by atoms with Gasteiger partial charge in [-0.3, -0.25) is 4.79 Å². The molecular formula is C20H27ClN2O. The molecule has 3 nitrogen and oxygen atoms in total. The van der Waals surface area contributed by atoms with E-state index in [-0.39, 0.29) is 30.3 Å². The van der Waals surface area contributed by atoms with Gasteiger partial charge in [0.2, 0.25) is 5.91 Å². The van der Waals surface area contributed by atoms with Crippen LogP contribution in [0.2, 0.25) is 0 Å². The second-order valence-corrected chi connectivity index (χ2v) is 5.94. The van der Waals surface area contributed by atoms with E-state index >= 15 is 0 Å². The molecule has 3 N–H and O–H groups in total. The molecule has 0 fully saturated rings. The van der Waals surface area contributed by atoms with Crippen molar-refractivity contribution in [3.63, 3.8) is 0 Å². The second kappa shape index (κ2) is 10.1. The highest BCUT2D eigenvalue weighted by atomic mass is 35.5. The van der Waals surface area contributed by atoms with E-state index in [2.05, 4.69) is 36.5 Å². The number of benzene rings is 2. The van der Waals surface area contributed by atoms with E-state index in [0.29, 0.717) is 6.54 Å². The summed E-state index contributed by atoms with van der Waals surface area (Å²) in [5, 5.41) is 2.99. The minimum Gasteiger partial charge on any atom is -0.355 e. The van der Waals surface area contributed by atoms with Crippen molar-refractivity contribution in [2.75, 3.05) is 6.54 Å². The quantitative estimate of drug-likeness (QED) is 0.803. The molecule has 2 aromatic carbocycles. The minimum atomic E-state index is -0.278. The fourth-order valence-electron chi connectivity index (χ4n) is 2.56. The van der Waals surface area contributed by atoms with Gasteiger partial charge in [-0.15, -0.1) is 12.4 Å². The maximum absolute atomic E-state index is 12.3. The Morgan fingerprint density at radius 1 is 1.04 bits per heavy atom. The molecule has 130 valence electrons. The molecule has 0 spiro atoms. The van der Waals surface area contributed by atoms with Crippen LogP contribution in [0.3, 0.4) is 0 Å². The van der Waals surface area contributed by atoms with Crippen LogP contribution < -0.4 is 11.1 Å². The average molecular weight is 347 g/mol. The molecule has 24 heavy (non-hydrogen) atoms. The molecule has 2 atom stereocenters. The van der Waals surface area contributed by atoms with E-state index in [0.717, 1.165) is 18.4 Å². The number of nitrogens with one attached hydrogen (secondary N) is 1. The van der Waals surface area contributed by atoms with Crippen molar-refractivity contribution in [3.05, 3.63) is 71.3 Å². The normalized spacial score (nSPS) is 12.8. The molecule has 0 heterocycles. The summed E-state index contributed by atoms with van der Waals surface area (Å²) in [5.74, 6) is -0.244. The van der Waals surface area contributed by atoms with Gasteiger partial charge < -0.3 is 11.1 Å². The Labute approximate surface area is 151 Å². The number of amides is 1. The van der Waals surface area contributed by atoms with E-state index in [1.807, 2.05) is 37.3 Å². The van der Waals surface area contributed by atoms with Crippen LogP contribution in [0.1, 0.15) is 36.6 Å². The lowest BCUT2D eigenvalue weighted by molar-refractivity contribution is -0.125. The van der Waals surface area contributed by atoms with E-state index < -0.39 is 0 Å². The van der Waals surface area contributed by atoms with Gasteiger partial charge in [-0.2, -0.15) is 0 Å². The number of rotatable bonds is 7. The van der Waals surface area contributed by atoms with Crippen LogP contribution in [-0.4, -0.2) is 12.5 Å². The van der Waals surface area contributed by atoms with Gasteiger partial charge in [0.1, 0.15) is 0 Å². The molecule has 0 radical (unpaired) electrons. The highest BCUT2D eigenvalue weighted by Gasteiger charge is 2.21. The van der Waals surface area contributed by atoms with Gasteiger partial charge >= 0.3 is 0 Å². The zero-order valence-electron chi connectivity index (χ0n) is 14.4. The third-order valence-electron chi connectivity index (χ3n) is 4.28. The molecule has 0 saturated carbocycles. The average Bonchev–Trinajstić information content (AvgIpc) is 2.61. The molecule has 0 saturated heterocycles. The molecule has 1 amide bonds. The zero-order valence-corrected chi connectivity index (χ0v) is 15.2. The molecule has 2 aromatic rings. The lowest BCUT2D eigenvalue weighted by atomic mass is 9.94. The first-order valence-electron chi connectivity index (χ1n) is 8.28. The lowest BCUT2D eigenvalue weighted by Crippen LogP contribution is -2.36. The first kappa shape index (κ1) is 20.2. The summed E-state index contributed by atoms with van der Waals surface area (Å²) in [7, 11) is 0. The van der Waals surface area contributed by atoms with Crippen LogP contribution in [0.15, 0.2) is 54.6 Å². The molecule has 0 bridgehead atoms. The maximum Gasteiger partial charge on any atom is 0.224 e. The Morgan fingerprint density at radius 2 is 1.62 bits per heavy atom. The topological polar surface area (TPSA) is 55.1 Å². The van der Waals surface area contributed by atoms with Crippen LogP contribution in [0.5, 0.6) is 0 Å². The smallest absolute Gasteiger partial charge is 0.224 e. The van der Waals surface area contributed by atoms with Crippen LogP contribution in [0.4, 0.5) is 0 Å². The standard InChI is InChI=1S/C20H26N2O.ClH/c1-3-16-9-11-17(12-10-16)13-14-22-20(23)15(2)19(21)18-7-5-4-6-8-18;/h4-12,15,19H,3,13-14,21H2,1-2H3,(H,22,23);1H. The summed E-state index contributed by atoms with van der Waals surface area (Å²) in [5.41, 5.74) is 9.76. The Hall–Kier alpha value is -1.84. The van der Waals surface area contributed by atoms with Gasteiger partial charge in [0.15, 0.2) is 0 Å². The van der Waals surface area contributed by atoms with E-state index in [9.17, 15) is 4.79 Å². The predicted molar refractivity (Wildman–Crippen MR) is 102 cm³/mol. The summed E-state index contributed by atoms with van der Waals surface area (Å²) < 4.78 is 0. The third kappa shape index (κ3) is 5.66. The number of nitrogens with two attached hydrogens (primary N) is 1. The van der Waals surface area contributed by atoms with Gasteiger partial charge in [0.25, 0.3) is 0 Å². The minimum absolute atomic E-state index is 0. The van der Waals surface area contributed by atoms with E-state index in [1.165, 1.54) is 11.1 Å². The van der Waals surface area contributed by atoms with Gasteiger partial charge in [-0.1, -0.05) is 68.4 Å². The molecule has 0 aliphatic carbocycles. The number of aryl methyl sites for hydroxylation is 1. The zero-order chi connectivity index (χ0) is 16.7. The van der Waals surface area contributed by atoms with Crippen molar-refractivity contribution in [1.29, 1.82) is 0 Å². The highest BCUT2D eigenvalue weighted by molar-refractivity contribution is 5.85. The van der Waals surface area contributed by atoms with Gasteiger partial charge in [-0.25, -0.2) is 0 Å². The van der Waals surface area contributed by atoms with Crippen LogP contribution >= 0.6 is 12.4 Å². The molecule has 2 rings (SSSR count). The maximum atomic E-state index is 12.3. The van der Waals surface area contributed by atoms with Crippen molar-refractivity contribution in [2.45, 2.75) is 32.7 Å². The molecule has 0 aliphatic rings. The summed E-state index contributed by atoms with van der Waals surface area (Å²) in [6.45, 7) is 4.66. The molecule has 2 unspecified atom stereocenters. The molecule has 0 aliphatic heterocycles. The van der Waals surface area contributed by atoms with E-state index in [4.69, 9.17) is 5.73 Å². The number of carbonyl (C=O) groups is 1. The third-order valence-corrected chi connectivity index (χ3v) is 4.28. The monoisotopic (exact) mass is 346 g/mol. The Balaban J connectivity index is 0.00000288. The lowest BCUT2D eigenvalue weighted by Gasteiger charge is -2.19. The van der Waals surface area contributed by atoms with Crippen LogP contribution in [0, 0.1) is 5.92 Å².